The molecule has 5 nitrogen and oxygen atoms in total. The first-order valence-corrected chi connectivity index (χ1v) is 5.39. The molecule has 0 bridgehead atoms. The molecule has 0 saturated heterocycles. The van der Waals surface area contributed by atoms with Crippen molar-refractivity contribution in [3.8, 4) is 0 Å². The summed E-state index contributed by atoms with van der Waals surface area (Å²) in [6.45, 7) is 2.52. The van der Waals surface area contributed by atoms with Crippen molar-refractivity contribution < 1.29 is 5.11 Å². The minimum absolute atomic E-state index is 0.417. The molecule has 1 aliphatic rings. The van der Waals surface area contributed by atoms with Crippen LogP contribution in [0.5, 0.6) is 0 Å². The van der Waals surface area contributed by atoms with Gasteiger partial charge in [0, 0.05) is 5.69 Å². The third kappa shape index (κ3) is 2.50. The van der Waals surface area contributed by atoms with Crippen molar-refractivity contribution in [3.05, 3.63) is 29.8 Å². The monoisotopic (exact) mass is 220 g/mol. The number of para-hydroxylation sites is 1. The van der Waals surface area contributed by atoms with Gasteiger partial charge in [0.25, 0.3) is 0 Å². The number of benzene rings is 1. The second kappa shape index (κ2) is 4.96. The lowest BCUT2D eigenvalue weighted by atomic mass is 10.1. The summed E-state index contributed by atoms with van der Waals surface area (Å²) in [6, 6.07) is 8.03. The topological polar surface area (TPSA) is 68.7 Å². The normalized spacial score (nSPS) is 19.9. The maximum Gasteiger partial charge on any atom is 0.213 e. The average molecular weight is 220 g/mol. The summed E-state index contributed by atoms with van der Waals surface area (Å²) in [5.41, 5.74) is 7.95. The van der Waals surface area contributed by atoms with Crippen molar-refractivity contribution in [1.29, 1.82) is 0 Å². The maximum atomic E-state index is 9.35. The second-order valence-corrected chi connectivity index (χ2v) is 3.60. The molecule has 1 aromatic rings. The fraction of sp³-hybridized carbons (Fsp3) is 0.364. The number of rotatable bonds is 2. The molecule has 0 spiro atoms. The lowest BCUT2D eigenvalue weighted by Gasteiger charge is -2.21. The Balaban J connectivity index is 2.14. The highest BCUT2D eigenvalue weighted by Gasteiger charge is 2.11. The van der Waals surface area contributed by atoms with E-state index in [1.165, 1.54) is 5.56 Å². The van der Waals surface area contributed by atoms with Crippen LogP contribution >= 0.6 is 0 Å². The molecule has 0 fully saturated rings. The van der Waals surface area contributed by atoms with E-state index in [4.69, 9.17) is 0 Å². The fourth-order valence-electron chi connectivity index (χ4n) is 1.59. The number of aryl methyl sites for hydroxylation is 1. The first kappa shape index (κ1) is 10.9. The van der Waals surface area contributed by atoms with E-state index in [9.17, 15) is 5.11 Å². The van der Waals surface area contributed by atoms with Crippen LogP contribution in [0.25, 0.3) is 0 Å². The Bertz CT molecular complexity index is 391. The standard InChI is InChI=1S/C11H16N4O/c1-2-8-5-3-4-6-9(8)13-11-14-10(16)7-12-15-11/h3-6,10,12,16H,2,7H2,1H3,(H2,13,14,15). The average Bonchev–Trinajstić information content (AvgIpc) is 2.30. The molecule has 5 heteroatoms. The van der Waals surface area contributed by atoms with Crippen molar-refractivity contribution in [1.82, 2.24) is 10.9 Å². The Hall–Kier alpha value is -1.59. The van der Waals surface area contributed by atoms with Crippen molar-refractivity contribution >= 4 is 11.6 Å². The van der Waals surface area contributed by atoms with Crippen LogP contribution in [0.2, 0.25) is 0 Å². The molecule has 0 radical (unpaired) electrons. The quantitative estimate of drug-likeness (QED) is 0.584. The van der Waals surface area contributed by atoms with Gasteiger partial charge in [-0.15, -0.1) is 0 Å². The number of aliphatic hydroxyl groups is 1. The van der Waals surface area contributed by atoms with E-state index < -0.39 is 6.23 Å². The molecule has 86 valence electrons. The summed E-state index contributed by atoms with van der Waals surface area (Å²) in [4.78, 5) is 4.04. The number of guanidine groups is 1. The van der Waals surface area contributed by atoms with Gasteiger partial charge in [0.05, 0.1) is 6.54 Å². The molecule has 0 saturated carbocycles. The van der Waals surface area contributed by atoms with Crippen LogP contribution in [0.1, 0.15) is 12.5 Å². The van der Waals surface area contributed by atoms with Gasteiger partial charge in [0.15, 0.2) is 6.23 Å². The van der Waals surface area contributed by atoms with Gasteiger partial charge in [-0.2, -0.15) is 0 Å². The van der Waals surface area contributed by atoms with Gasteiger partial charge in [0.1, 0.15) is 0 Å². The third-order valence-electron chi connectivity index (χ3n) is 2.42. The fourth-order valence-corrected chi connectivity index (χ4v) is 1.59. The summed E-state index contributed by atoms with van der Waals surface area (Å²) in [5.74, 6) is 0.541. The number of β-amino-alcohol motifs (C(OH)–C–C–N with tert-alkyl or cyclic N) is 1. The predicted molar refractivity (Wildman–Crippen MR) is 64.0 cm³/mol. The van der Waals surface area contributed by atoms with Gasteiger partial charge >= 0.3 is 0 Å². The molecule has 1 aliphatic heterocycles. The molecule has 4 N–H and O–H groups in total. The van der Waals surface area contributed by atoms with Crippen LogP contribution in [0.15, 0.2) is 29.3 Å². The molecule has 16 heavy (non-hydrogen) atoms. The lowest BCUT2D eigenvalue weighted by Crippen LogP contribution is -2.49. The largest absolute Gasteiger partial charge is 0.370 e. The summed E-state index contributed by atoms with van der Waals surface area (Å²) in [7, 11) is 0. The Morgan fingerprint density at radius 1 is 1.50 bits per heavy atom. The number of nitrogens with one attached hydrogen (secondary N) is 3. The molecule has 0 aromatic heterocycles. The zero-order chi connectivity index (χ0) is 11.4. The summed E-state index contributed by atoms with van der Waals surface area (Å²) in [5, 5.41) is 12.5. The molecule has 1 atom stereocenters. The highest BCUT2D eigenvalue weighted by molar-refractivity contribution is 5.94. The Kier molecular flexibility index (Phi) is 3.38. The van der Waals surface area contributed by atoms with Gasteiger partial charge in [-0.3, -0.25) is 5.43 Å². The Morgan fingerprint density at radius 3 is 3.06 bits per heavy atom. The van der Waals surface area contributed by atoms with Crippen molar-refractivity contribution in [2.24, 2.45) is 4.99 Å². The molecular weight excluding hydrogens is 204 g/mol. The van der Waals surface area contributed by atoms with E-state index in [1.54, 1.807) is 0 Å². The van der Waals surface area contributed by atoms with E-state index in [1.807, 2.05) is 18.2 Å². The van der Waals surface area contributed by atoms with E-state index >= 15 is 0 Å². The lowest BCUT2D eigenvalue weighted by molar-refractivity contribution is 0.171. The van der Waals surface area contributed by atoms with Crippen LogP contribution in [0.3, 0.4) is 0 Å². The number of hydrogen-bond acceptors (Lipinski definition) is 5. The van der Waals surface area contributed by atoms with Crippen LogP contribution in [-0.2, 0) is 6.42 Å². The first-order chi connectivity index (χ1) is 7.79. The van der Waals surface area contributed by atoms with Gasteiger partial charge in [0.2, 0.25) is 5.96 Å². The zero-order valence-electron chi connectivity index (χ0n) is 9.20. The summed E-state index contributed by atoms with van der Waals surface area (Å²) < 4.78 is 0. The molecule has 2 rings (SSSR count). The summed E-state index contributed by atoms with van der Waals surface area (Å²) >= 11 is 0. The van der Waals surface area contributed by atoms with Crippen molar-refractivity contribution in [2.75, 3.05) is 11.9 Å². The van der Waals surface area contributed by atoms with Gasteiger partial charge in [-0.25, -0.2) is 10.4 Å². The number of nitrogens with zero attached hydrogens (tertiary/aromatic N) is 1. The first-order valence-electron chi connectivity index (χ1n) is 5.39. The van der Waals surface area contributed by atoms with Gasteiger partial charge in [-0.05, 0) is 18.1 Å². The van der Waals surface area contributed by atoms with E-state index in [-0.39, 0.29) is 0 Å². The van der Waals surface area contributed by atoms with E-state index in [0.29, 0.717) is 12.5 Å². The Morgan fingerprint density at radius 2 is 2.31 bits per heavy atom. The van der Waals surface area contributed by atoms with Crippen molar-refractivity contribution in [3.63, 3.8) is 0 Å². The maximum absolute atomic E-state index is 9.35. The highest BCUT2D eigenvalue weighted by atomic mass is 16.3. The second-order valence-electron chi connectivity index (χ2n) is 3.60. The van der Waals surface area contributed by atoms with Crippen LogP contribution in [0.4, 0.5) is 5.69 Å². The molecule has 0 amide bonds. The van der Waals surface area contributed by atoms with E-state index in [2.05, 4.69) is 34.2 Å². The number of anilines is 1. The number of hydrazine groups is 1. The van der Waals surface area contributed by atoms with Crippen LogP contribution < -0.4 is 16.2 Å². The van der Waals surface area contributed by atoms with Gasteiger partial charge in [-0.1, -0.05) is 25.1 Å². The molecular formula is C11H16N4O. The number of aliphatic imine (C=N–C) groups is 1. The minimum Gasteiger partial charge on any atom is -0.370 e. The summed E-state index contributed by atoms with van der Waals surface area (Å²) in [6.07, 6.45) is 0.254. The van der Waals surface area contributed by atoms with Gasteiger partial charge < -0.3 is 10.4 Å². The molecule has 0 aliphatic carbocycles. The number of hydrogen-bond donors (Lipinski definition) is 4. The van der Waals surface area contributed by atoms with Crippen LogP contribution in [-0.4, -0.2) is 23.8 Å². The Labute approximate surface area is 94.6 Å². The minimum atomic E-state index is -0.697. The highest BCUT2D eigenvalue weighted by Crippen LogP contribution is 2.15. The van der Waals surface area contributed by atoms with Crippen molar-refractivity contribution in [2.45, 2.75) is 19.6 Å². The number of aliphatic hydroxyl groups excluding tert-OH is 1. The van der Waals surface area contributed by atoms with Crippen LogP contribution in [0, 0.1) is 0 Å². The molecule has 1 aromatic carbocycles. The third-order valence-corrected chi connectivity index (χ3v) is 2.42. The molecule has 1 unspecified atom stereocenters. The zero-order valence-corrected chi connectivity index (χ0v) is 9.20. The smallest absolute Gasteiger partial charge is 0.213 e. The predicted octanol–water partition coefficient (Wildman–Crippen LogP) is 0.443. The SMILES string of the molecule is CCc1ccccc1NC1=NC(O)CNN1. The molecule has 1 heterocycles. The van der Waals surface area contributed by atoms with E-state index in [0.717, 1.165) is 12.1 Å².